The molecule has 0 unspecified atom stereocenters. The summed E-state index contributed by atoms with van der Waals surface area (Å²) in [6, 6.07) is 7.33. The fourth-order valence-electron chi connectivity index (χ4n) is 5.18. The number of aromatic nitrogens is 2. The number of hydrogen-bond acceptors (Lipinski definition) is 6. The van der Waals surface area contributed by atoms with Crippen LogP contribution in [0.2, 0.25) is 0 Å². The number of pyridine rings is 2. The first-order valence-electron chi connectivity index (χ1n) is 12.8. The zero-order chi connectivity index (χ0) is 23.9. The largest absolute Gasteiger partial charge is 0.480 e. The summed E-state index contributed by atoms with van der Waals surface area (Å²) in [6.45, 7) is 6.49. The quantitative estimate of drug-likeness (QED) is 0.457. The van der Waals surface area contributed by atoms with Gasteiger partial charge in [0.2, 0.25) is 5.88 Å². The Labute approximate surface area is 202 Å². The first-order chi connectivity index (χ1) is 16.5. The lowest BCUT2D eigenvalue weighted by atomic mass is 9.99. The van der Waals surface area contributed by atoms with Crippen molar-refractivity contribution >= 4 is 11.8 Å². The van der Waals surface area contributed by atoms with Crippen molar-refractivity contribution in [2.24, 2.45) is 5.92 Å². The van der Waals surface area contributed by atoms with Crippen molar-refractivity contribution in [3.63, 3.8) is 0 Å². The highest BCUT2D eigenvalue weighted by molar-refractivity contribution is 5.76. The third kappa shape index (κ3) is 6.26. The predicted molar refractivity (Wildman–Crippen MR) is 133 cm³/mol. The van der Waals surface area contributed by atoms with Crippen molar-refractivity contribution in [3.05, 3.63) is 47.3 Å². The molecule has 2 aromatic rings. The summed E-state index contributed by atoms with van der Waals surface area (Å²) in [5.74, 6) is 1.21. The van der Waals surface area contributed by atoms with Gasteiger partial charge in [-0.3, -0.25) is 9.69 Å². The first kappa shape index (κ1) is 24.5. The highest BCUT2D eigenvalue weighted by Gasteiger charge is 2.35. The number of ether oxygens (including phenoxy) is 1. The SMILES string of the molecule is CC(C)Oc1ncccc1[C@H](C(=O)O)N1CC[C@@H](CCCCCc2ccc3c(n2)NCCC3)C1. The summed E-state index contributed by atoms with van der Waals surface area (Å²) in [7, 11) is 0. The minimum absolute atomic E-state index is 0.0535. The van der Waals surface area contributed by atoms with Crippen molar-refractivity contribution < 1.29 is 14.6 Å². The van der Waals surface area contributed by atoms with Gasteiger partial charge in [0.25, 0.3) is 0 Å². The Hall–Kier alpha value is -2.67. The van der Waals surface area contributed by atoms with Crippen LogP contribution in [0.5, 0.6) is 5.88 Å². The minimum atomic E-state index is -0.839. The van der Waals surface area contributed by atoms with E-state index in [9.17, 15) is 9.90 Å². The molecule has 0 aromatic carbocycles. The molecule has 0 aliphatic carbocycles. The number of carboxylic acids is 1. The van der Waals surface area contributed by atoms with Crippen LogP contribution in [-0.4, -0.2) is 51.7 Å². The normalized spacial score (nSPS) is 19.0. The fourth-order valence-corrected chi connectivity index (χ4v) is 5.18. The summed E-state index contributed by atoms with van der Waals surface area (Å²) in [4.78, 5) is 23.4. The van der Waals surface area contributed by atoms with E-state index < -0.39 is 12.0 Å². The van der Waals surface area contributed by atoms with Crippen molar-refractivity contribution in [2.75, 3.05) is 25.0 Å². The van der Waals surface area contributed by atoms with E-state index in [2.05, 4.69) is 27.3 Å². The number of aliphatic carboxylic acids is 1. The Kier molecular flexibility index (Phi) is 8.38. The van der Waals surface area contributed by atoms with Crippen LogP contribution in [-0.2, 0) is 17.6 Å². The number of fused-ring (bicyclic) bond motifs is 1. The van der Waals surface area contributed by atoms with Crippen molar-refractivity contribution in [2.45, 2.75) is 77.4 Å². The molecule has 2 aliphatic heterocycles. The number of unbranched alkanes of at least 4 members (excludes halogenated alkanes) is 2. The zero-order valence-electron chi connectivity index (χ0n) is 20.5. The number of nitrogens with zero attached hydrogens (tertiary/aromatic N) is 3. The molecule has 1 fully saturated rings. The summed E-state index contributed by atoms with van der Waals surface area (Å²) < 4.78 is 5.81. The molecule has 7 nitrogen and oxygen atoms in total. The van der Waals surface area contributed by atoms with Gasteiger partial charge in [0.1, 0.15) is 11.9 Å². The smallest absolute Gasteiger partial charge is 0.325 e. The van der Waals surface area contributed by atoms with Crippen LogP contribution in [0.3, 0.4) is 0 Å². The fraction of sp³-hybridized carbons (Fsp3) is 0.593. The van der Waals surface area contributed by atoms with Gasteiger partial charge in [0.05, 0.1) is 6.10 Å². The Bertz CT molecular complexity index is 965. The Morgan fingerprint density at radius 3 is 2.97 bits per heavy atom. The molecule has 2 N–H and O–H groups in total. The molecule has 7 heteroatoms. The van der Waals surface area contributed by atoms with Crippen LogP contribution < -0.4 is 10.1 Å². The third-order valence-electron chi connectivity index (χ3n) is 6.86. The summed E-state index contributed by atoms with van der Waals surface area (Å²) in [5, 5.41) is 13.4. The average molecular weight is 467 g/mol. The molecule has 2 aromatic heterocycles. The number of carboxylic acid groups (broad SMARTS) is 1. The number of aryl methyl sites for hydroxylation is 2. The van der Waals surface area contributed by atoms with E-state index in [1.807, 2.05) is 19.9 Å². The van der Waals surface area contributed by atoms with Crippen LogP contribution >= 0.6 is 0 Å². The van der Waals surface area contributed by atoms with E-state index in [4.69, 9.17) is 9.72 Å². The van der Waals surface area contributed by atoms with Crippen molar-refractivity contribution in [3.8, 4) is 5.88 Å². The highest BCUT2D eigenvalue weighted by atomic mass is 16.5. The van der Waals surface area contributed by atoms with Gasteiger partial charge in [-0.15, -0.1) is 0 Å². The molecule has 4 heterocycles. The molecule has 0 saturated carbocycles. The monoisotopic (exact) mass is 466 g/mol. The van der Waals surface area contributed by atoms with E-state index in [0.717, 1.165) is 57.6 Å². The number of rotatable bonds is 11. The molecule has 34 heavy (non-hydrogen) atoms. The predicted octanol–water partition coefficient (Wildman–Crippen LogP) is 4.87. The number of nitrogens with one attached hydrogen (secondary N) is 1. The van der Waals surface area contributed by atoms with E-state index >= 15 is 0 Å². The topological polar surface area (TPSA) is 87.6 Å². The van der Waals surface area contributed by atoms with Gasteiger partial charge in [-0.05, 0) is 88.6 Å². The van der Waals surface area contributed by atoms with Gasteiger partial charge in [-0.2, -0.15) is 0 Å². The Balaban J connectivity index is 1.24. The van der Waals surface area contributed by atoms with Gasteiger partial charge >= 0.3 is 5.97 Å². The number of likely N-dealkylation sites (tertiary alicyclic amines) is 1. The zero-order valence-corrected chi connectivity index (χ0v) is 20.5. The Morgan fingerprint density at radius 2 is 2.15 bits per heavy atom. The maximum absolute atomic E-state index is 12.2. The number of anilines is 1. The molecule has 0 bridgehead atoms. The van der Waals surface area contributed by atoms with E-state index in [1.165, 1.54) is 30.5 Å². The first-order valence-corrected chi connectivity index (χ1v) is 12.8. The highest BCUT2D eigenvalue weighted by Crippen LogP contribution is 2.34. The molecule has 0 radical (unpaired) electrons. The summed E-state index contributed by atoms with van der Waals surface area (Å²) in [6.07, 6.45) is 10.6. The molecule has 1 saturated heterocycles. The summed E-state index contributed by atoms with van der Waals surface area (Å²) in [5.41, 5.74) is 3.17. The van der Waals surface area contributed by atoms with Gasteiger partial charge in [-0.1, -0.05) is 18.9 Å². The van der Waals surface area contributed by atoms with Crippen LogP contribution in [0.15, 0.2) is 30.5 Å². The maximum atomic E-state index is 12.2. The molecule has 184 valence electrons. The van der Waals surface area contributed by atoms with Gasteiger partial charge in [-0.25, -0.2) is 9.97 Å². The van der Waals surface area contributed by atoms with E-state index in [-0.39, 0.29) is 6.10 Å². The molecule has 0 spiro atoms. The van der Waals surface area contributed by atoms with Gasteiger partial charge in [0.15, 0.2) is 0 Å². The lowest BCUT2D eigenvalue weighted by molar-refractivity contribution is -0.143. The molecule has 0 amide bonds. The molecule has 4 rings (SSSR count). The lowest BCUT2D eigenvalue weighted by Crippen LogP contribution is -2.33. The molecule has 2 atom stereocenters. The van der Waals surface area contributed by atoms with Crippen LogP contribution in [0, 0.1) is 5.92 Å². The molecular weight excluding hydrogens is 428 g/mol. The Morgan fingerprint density at radius 1 is 1.26 bits per heavy atom. The van der Waals surface area contributed by atoms with E-state index in [0.29, 0.717) is 17.4 Å². The maximum Gasteiger partial charge on any atom is 0.325 e. The van der Waals surface area contributed by atoms with Crippen LogP contribution in [0.25, 0.3) is 0 Å². The standard InChI is InChI=1S/C27H38N4O3/c1-19(2)34-26-23(11-7-16-29-26)24(27(32)33)31-17-14-20(18-31)8-4-3-5-10-22-13-12-21-9-6-15-28-25(21)30-22/h7,11-13,16,19-20,24H,3-6,8-10,14-15,17-18H2,1-2H3,(H,28,30)(H,32,33)/t20-,24-/m1/s1. The second kappa shape index (κ2) is 11.6. The second-order valence-electron chi connectivity index (χ2n) is 9.89. The summed E-state index contributed by atoms with van der Waals surface area (Å²) >= 11 is 0. The lowest BCUT2D eigenvalue weighted by Gasteiger charge is -2.26. The molecule has 2 aliphatic rings. The molecular formula is C27H38N4O3. The van der Waals surface area contributed by atoms with Crippen molar-refractivity contribution in [1.82, 2.24) is 14.9 Å². The third-order valence-corrected chi connectivity index (χ3v) is 6.86. The van der Waals surface area contributed by atoms with Gasteiger partial charge in [0, 0.05) is 30.5 Å². The van der Waals surface area contributed by atoms with E-state index in [1.54, 1.807) is 12.3 Å². The van der Waals surface area contributed by atoms with Crippen LogP contribution in [0.4, 0.5) is 5.82 Å². The van der Waals surface area contributed by atoms with Crippen molar-refractivity contribution in [1.29, 1.82) is 0 Å². The number of carbonyl (C=O) groups is 1. The van der Waals surface area contributed by atoms with Crippen LogP contribution in [0.1, 0.15) is 75.2 Å². The van der Waals surface area contributed by atoms with Gasteiger partial charge < -0.3 is 15.2 Å². The number of hydrogen-bond donors (Lipinski definition) is 2. The average Bonchev–Trinajstić information content (AvgIpc) is 3.27. The minimum Gasteiger partial charge on any atom is -0.480 e. The second-order valence-corrected chi connectivity index (χ2v) is 9.89.